The highest BCUT2D eigenvalue weighted by atomic mass is 16.2. The SMILES string of the molecule is Cc1cccc(CNC(=O)C(C)(C)C(=O)NCc2ccncc2)c1. The average molecular weight is 325 g/mol. The number of aryl methyl sites for hydroxylation is 1. The number of carbonyl (C=O) groups excluding carboxylic acids is 2. The molecule has 2 amide bonds. The molecule has 24 heavy (non-hydrogen) atoms. The van der Waals surface area contributed by atoms with Gasteiger partial charge in [0.05, 0.1) is 0 Å². The number of aromatic nitrogens is 1. The van der Waals surface area contributed by atoms with E-state index in [4.69, 9.17) is 0 Å². The van der Waals surface area contributed by atoms with E-state index in [1.807, 2.05) is 43.3 Å². The molecule has 1 heterocycles. The number of rotatable bonds is 6. The summed E-state index contributed by atoms with van der Waals surface area (Å²) in [7, 11) is 0. The number of benzene rings is 1. The van der Waals surface area contributed by atoms with Crippen molar-refractivity contribution in [2.24, 2.45) is 5.41 Å². The molecule has 0 unspecified atom stereocenters. The number of amides is 2. The Labute approximate surface area is 142 Å². The van der Waals surface area contributed by atoms with E-state index in [-0.39, 0.29) is 11.8 Å². The lowest BCUT2D eigenvalue weighted by Gasteiger charge is -2.23. The summed E-state index contributed by atoms with van der Waals surface area (Å²) in [6, 6.07) is 11.6. The standard InChI is InChI=1S/C19H23N3O2/c1-14-5-4-6-16(11-14)13-22-18(24)19(2,3)17(23)21-12-15-7-9-20-10-8-15/h4-11H,12-13H2,1-3H3,(H,21,23)(H,22,24). The predicted octanol–water partition coefficient (Wildman–Crippen LogP) is 2.35. The first-order valence-corrected chi connectivity index (χ1v) is 7.90. The van der Waals surface area contributed by atoms with Crippen LogP contribution < -0.4 is 10.6 Å². The molecule has 2 N–H and O–H groups in total. The van der Waals surface area contributed by atoms with Crippen LogP contribution in [0, 0.1) is 12.3 Å². The Morgan fingerprint density at radius 1 is 0.958 bits per heavy atom. The van der Waals surface area contributed by atoms with Gasteiger partial charge in [-0.05, 0) is 44.0 Å². The lowest BCUT2D eigenvalue weighted by atomic mass is 9.91. The highest BCUT2D eigenvalue weighted by molar-refractivity contribution is 6.04. The molecule has 0 aliphatic rings. The van der Waals surface area contributed by atoms with E-state index < -0.39 is 5.41 Å². The second-order valence-corrected chi connectivity index (χ2v) is 6.33. The number of hydrogen-bond acceptors (Lipinski definition) is 3. The molecule has 5 nitrogen and oxygen atoms in total. The van der Waals surface area contributed by atoms with Crippen molar-refractivity contribution in [1.29, 1.82) is 0 Å². The summed E-state index contributed by atoms with van der Waals surface area (Å²) in [4.78, 5) is 28.7. The topological polar surface area (TPSA) is 71.1 Å². The molecule has 0 saturated carbocycles. The fourth-order valence-electron chi connectivity index (χ4n) is 2.23. The molecular formula is C19H23N3O2. The maximum atomic E-state index is 12.4. The van der Waals surface area contributed by atoms with Gasteiger partial charge in [-0.15, -0.1) is 0 Å². The normalized spacial score (nSPS) is 11.0. The molecule has 2 aromatic rings. The van der Waals surface area contributed by atoms with Gasteiger partial charge in [0.2, 0.25) is 11.8 Å². The van der Waals surface area contributed by atoms with Crippen molar-refractivity contribution in [1.82, 2.24) is 15.6 Å². The van der Waals surface area contributed by atoms with Crippen LogP contribution in [0.3, 0.4) is 0 Å². The van der Waals surface area contributed by atoms with E-state index in [0.29, 0.717) is 13.1 Å². The maximum Gasteiger partial charge on any atom is 0.235 e. The smallest absolute Gasteiger partial charge is 0.235 e. The summed E-state index contributed by atoms with van der Waals surface area (Å²) in [5, 5.41) is 5.64. The van der Waals surface area contributed by atoms with Crippen LogP contribution in [-0.2, 0) is 22.7 Å². The summed E-state index contributed by atoms with van der Waals surface area (Å²) in [5.41, 5.74) is 1.94. The minimum Gasteiger partial charge on any atom is -0.351 e. The summed E-state index contributed by atoms with van der Waals surface area (Å²) in [6.07, 6.45) is 3.34. The van der Waals surface area contributed by atoms with E-state index in [0.717, 1.165) is 16.7 Å². The number of pyridine rings is 1. The molecule has 1 aromatic heterocycles. The summed E-state index contributed by atoms with van der Waals surface area (Å²) in [5.74, 6) is -0.600. The van der Waals surface area contributed by atoms with Crippen molar-refractivity contribution in [3.63, 3.8) is 0 Å². The zero-order valence-corrected chi connectivity index (χ0v) is 14.3. The number of carbonyl (C=O) groups is 2. The Hall–Kier alpha value is -2.69. The Kier molecular flexibility index (Phi) is 5.68. The van der Waals surface area contributed by atoms with Gasteiger partial charge in [-0.2, -0.15) is 0 Å². The van der Waals surface area contributed by atoms with Crippen LogP contribution in [0.15, 0.2) is 48.8 Å². The van der Waals surface area contributed by atoms with Crippen molar-refractivity contribution in [3.8, 4) is 0 Å². The molecule has 2 rings (SSSR count). The van der Waals surface area contributed by atoms with Gasteiger partial charge in [-0.25, -0.2) is 0 Å². The predicted molar refractivity (Wildman–Crippen MR) is 92.9 cm³/mol. The van der Waals surface area contributed by atoms with Gasteiger partial charge in [0.25, 0.3) is 0 Å². The first-order chi connectivity index (χ1) is 11.4. The summed E-state index contributed by atoms with van der Waals surface area (Å²) in [6.45, 7) is 6.03. The van der Waals surface area contributed by atoms with Gasteiger partial charge in [0.1, 0.15) is 5.41 Å². The van der Waals surface area contributed by atoms with Gasteiger partial charge >= 0.3 is 0 Å². The van der Waals surface area contributed by atoms with E-state index >= 15 is 0 Å². The molecule has 0 bridgehead atoms. The van der Waals surface area contributed by atoms with Crippen LogP contribution in [0.5, 0.6) is 0 Å². The highest BCUT2D eigenvalue weighted by Gasteiger charge is 2.35. The van der Waals surface area contributed by atoms with Gasteiger partial charge in [-0.1, -0.05) is 29.8 Å². The van der Waals surface area contributed by atoms with Crippen molar-refractivity contribution in [2.75, 3.05) is 0 Å². The van der Waals surface area contributed by atoms with E-state index in [9.17, 15) is 9.59 Å². The van der Waals surface area contributed by atoms with E-state index in [1.54, 1.807) is 26.2 Å². The van der Waals surface area contributed by atoms with Crippen LogP contribution >= 0.6 is 0 Å². The average Bonchev–Trinajstić information content (AvgIpc) is 2.58. The molecule has 5 heteroatoms. The number of nitrogens with zero attached hydrogens (tertiary/aromatic N) is 1. The Balaban J connectivity index is 1.90. The highest BCUT2D eigenvalue weighted by Crippen LogP contribution is 2.16. The zero-order chi connectivity index (χ0) is 17.6. The minimum absolute atomic E-state index is 0.295. The largest absolute Gasteiger partial charge is 0.351 e. The molecular weight excluding hydrogens is 302 g/mol. The Morgan fingerprint density at radius 3 is 2.12 bits per heavy atom. The van der Waals surface area contributed by atoms with Gasteiger partial charge in [0, 0.05) is 25.5 Å². The first kappa shape index (κ1) is 17.7. The molecule has 0 aliphatic carbocycles. The van der Waals surface area contributed by atoms with Gasteiger partial charge < -0.3 is 10.6 Å². The van der Waals surface area contributed by atoms with Crippen LogP contribution in [0.1, 0.15) is 30.5 Å². The molecule has 0 aliphatic heterocycles. The van der Waals surface area contributed by atoms with E-state index in [2.05, 4.69) is 15.6 Å². The third kappa shape index (κ3) is 4.65. The Morgan fingerprint density at radius 2 is 1.54 bits per heavy atom. The quantitative estimate of drug-likeness (QED) is 0.801. The third-order valence-electron chi connectivity index (χ3n) is 3.87. The molecule has 1 aromatic carbocycles. The first-order valence-electron chi connectivity index (χ1n) is 7.90. The number of hydrogen-bond donors (Lipinski definition) is 2. The van der Waals surface area contributed by atoms with Crippen molar-refractivity contribution in [2.45, 2.75) is 33.9 Å². The Bertz CT molecular complexity index is 712. The molecule has 0 fully saturated rings. The molecule has 0 radical (unpaired) electrons. The molecule has 0 atom stereocenters. The monoisotopic (exact) mass is 325 g/mol. The second-order valence-electron chi connectivity index (χ2n) is 6.33. The van der Waals surface area contributed by atoms with Gasteiger partial charge in [0.15, 0.2) is 0 Å². The zero-order valence-electron chi connectivity index (χ0n) is 14.3. The summed E-state index contributed by atoms with van der Waals surface area (Å²) >= 11 is 0. The van der Waals surface area contributed by atoms with Crippen LogP contribution in [-0.4, -0.2) is 16.8 Å². The van der Waals surface area contributed by atoms with Gasteiger partial charge in [-0.3, -0.25) is 14.6 Å². The van der Waals surface area contributed by atoms with Crippen molar-refractivity contribution < 1.29 is 9.59 Å². The van der Waals surface area contributed by atoms with Crippen LogP contribution in [0.25, 0.3) is 0 Å². The third-order valence-corrected chi connectivity index (χ3v) is 3.87. The molecule has 0 saturated heterocycles. The fourth-order valence-corrected chi connectivity index (χ4v) is 2.23. The maximum absolute atomic E-state index is 12.4. The second kappa shape index (κ2) is 7.73. The lowest BCUT2D eigenvalue weighted by molar-refractivity contribution is -0.141. The number of nitrogens with one attached hydrogen (secondary N) is 2. The minimum atomic E-state index is -1.14. The van der Waals surface area contributed by atoms with E-state index in [1.165, 1.54) is 0 Å². The van der Waals surface area contributed by atoms with Crippen LogP contribution in [0.2, 0.25) is 0 Å². The van der Waals surface area contributed by atoms with Crippen LogP contribution in [0.4, 0.5) is 0 Å². The molecule has 126 valence electrons. The summed E-state index contributed by atoms with van der Waals surface area (Å²) < 4.78 is 0. The molecule has 0 spiro atoms. The van der Waals surface area contributed by atoms with Crippen molar-refractivity contribution in [3.05, 3.63) is 65.5 Å². The lowest BCUT2D eigenvalue weighted by Crippen LogP contribution is -2.47. The fraction of sp³-hybridized carbons (Fsp3) is 0.316. The van der Waals surface area contributed by atoms with Crippen molar-refractivity contribution >= 4 is 11.8 Å².